The molecule has 114 valence electrons. The number of hydrogen-bond donors (Lipinski definition) is 0. The van der Waals surface area contributed by atoms with E-state index in [1.807, 2.05) is 35.8 Å². The van der Waals surface area contributed by atoms with E-state index in [1.165, 1.54) is 12.1 Å². The Morgan fingerprint density at radius 1 is 1.26 bits per heavy atom. The Morgan fingerprint density at radius 3 is 2.61 bits per heavy atom. The van der Waals surface area contributed by atoms with Crippen LogP contribution in [0.2, 0.25) is 0 Å². The van der Waals surface area contributed by atoms with Crippen LogP contribution in [-0.2, 0) is 6.54 Å². The van der Waals surface area contributed by atoms with E-state index in [9.17, 15) is 10.1 Å². The first-order valence-electron chi connectivity index (χ1n) is 7.20. The lowest BCUT2D eigenvalue weighted by Gasteiger charge is -2.10. The molecule has 0 amide bonds. The minimum absolute atomic E-state index is 0.0433. The summed E-state index contributed by atoms with van der Waals surface area (Å²) in [6.45, 7) is 2.37. The summed E-state index contributed by atoms with van der Waals surface area (Å²) in [7, 11) is 0. The summed E-state index contributed by atoms with van der Waals surface area (Å²) >= 11 is 0. The summed E-state index contributed by atoms with van der Waals surface area (Å²) in [4.78, 5) is 15.0. The quantitative estimate of drug-likeness (QED) is 0.542. The van der Waals surface area contributed by atoms with Gasteiger partial charge >= 0.3 is 0 Å². The molecule has 0 spiro atoms. The summed E-state index contributed by atoms with van der Waals surface area (Å²) in [6, 6.07) is 16.2. The maximum Gasteiger partial charge on any atom is 0.269 e. The second kappa shape index (κ2) is 5.89. The van der Waals surface area contributed by atoms with Crippen molar-refractivity contribution in [1.82, 2.24) is 9.55 Å². The Hall–Kier alpha value is -3.20. The van der Waals surface area contributed by atoms with E-state index in [2.05, 4.69) is 11.1 Å². The van der Waals surface area contributed by atoms with Gasteiger partial charge in [-0.3, -0.25) is 10.1 Å². The maximum atomic E-state index is 10.8. The van der Waals surface area contributed by atoms with Crippen molar-refractivity contribution in [2.45, 2.75) is 13.5 Å². The molecule has 0 fully saturated rings. The highest BCUT2D eigenvalue weighted by atomic mass is 16.6. The molecule has 0 N–H and O–H groups in total. The van der Waals surface area contributed by atoms with Gasteiger partial charge in [-0.05, 0) is 31.2 Å². The molecule has 0 radical (unpaired) electrons. The molecular formula is C17H14N4O2. The van der Waals surface area contributed by atoms with Crippen molar-refractivity contribution < 1.29 is 4.92 Å². The molecule has 1 aromatic heterocycles. The number of nitrogens with zero attached hydrogens (tertiary/aromatic N) is 4. The van der Waals surface area contributed by atoms with Crippen LogP contribution in [-0.4, -0.2) is 14.5 Å². The Labute approximate surface area is 132 Å². The van der Waals surface area contributed by atoms with Crippen molar-refractivity contribution in [3.63, 3.8) is 0 Å². The van der Waals surface area contributed by atoms with E-state index in [-0.39, 0.29) is 11.6 Å². The van der Waals surface area contributed by atoms with Gasteiger partial charge in [0.25, 0.3) is 5.69 Å². The van der Waals surface area contributed by atoms with Gasteiger partial charge in [0.1, 0.15) is 5.82 Å². The highest BCUT2D eigenvalue weighted by Gasteiger charge is 2.15. The van der Waals surface area contributed by atoms with Crippen LogP contribution in [0.3, 0.4) is 0 Å². The average molecular weight is 306 g/mol. The number of hydrogen-bond acceptors (Lipinski definition) is 4. The molecule has 3 rings (SSSR count). The average Bonchev–Trinajstić information content (AvgIpc) is 2.93. The first-order valence-corrected chi connectivity index (χ1v) is 7.20. The number of benzene rings is 2. The number of non-ortho nitro benzene ring substituents is 1. The molecule has 0 aliphatic carbocycles. The molecule has 1 atom stereocenters. The first-order chi connectivity index (χ1) is 11.1. The van der Waals surface area contributed by atoms with Crippen LogP contribution in [0.25, 0.3) is 22.4 Å². The van der Waals surface area contributed by atoms with Crippen molar-refractivity contribution in [3.8, 4) is 17.5 Å². The summed E-state index contributed by atoms with van der Waals surface area (Å²) in [5.74, 6) is 0.549. The molecule has 6 nitrogen and oxygen atoms in total. The Bertz CT molecular complexity index is 906. The maximum absolute atomic E-state index is 10.8. The smallest absolute Gasteiger partial charge is 0.269 e. The standard InChI is InChI=1S/C17H14N4O2/c1-12(10-18)11-20-16-5-3-2-4-15(16)19-17(20)13-6-8-14(9-7-13)21(22)23/h2-9,12H,11H2,1H3. The molecule has 0 aliphatic rings. The van der Waals surface area contributed by atoms with E-state index in [0.29, 0.717) is 12.4 Å². The van der Waals surface area contributed by atoms with Gasteiger partial charge in [-0.1, -0.05) is 12.1 Å². The van der Waals surface area contributed by atoms with Crippen molar-refractivity contribution in [2.24, 2.45) is 5.92 Å². The summed E-state index contributed by atoms with van der Waals surface area (Å²) in [6.07, 6.45) is 0. The topological polar surface area (TPSA) is 84.8 Å². The fourth-order valence-electron chi connectivity index (χ4n) is 2.53. The Balaban J connectivity index is 2.14. The van der Waals surface area contributed by atoms with Crippen LogP contribution in [0.15, 0.2) is 48.5 Å². The Morgan fingerprint density at radius 2 is 1.96 bits per heavy atom. The molecule has 1 unspecified atom stereocenters. The van der Waals surface area contributed by atoms with E-state index in [0.717, 1.165) is 16.6 Å². The molecule has 0 bridgehead atoms. The van der Waals surface area contributed by atoms with Gasteiger partial charge in [-0.25, -0.2) is 4.98 Å². The zero-order valence-electron chi connectivity index (χ0n) is 12.5. The van der Waals surface area contributed by atoms with Gasteiger partial charge in [0.15, 0.2) is 0 Å². The highest BCUT2D eigenvalue weighted by molar-refractivity contribution is 5.80. The highest BCUT2D eigenvalue weighted by Crippen LogP contribution is 2.27. The number of nitriles is 1. The number of para-hydroxylation sites is 2. The normalized spacial score (nSPS) is 12.0. The number of rotatable bonds is 4. The summed E-state index contributed by atoms with van der Waals surface area (Å²) in [5.41, 5.74) is 2.62. The van der Waals surface area contributed by atoms with Crippen LogP contribution in [0.1, 0.15) is 6.92 Å². The van der Waals surface area contributed by atoms with E-state index in [4.69, 9.17) is 5.26 Å². The molecule has 0 saturated carbocycles. The van der Waals surface area contributed by atoms with Gasteiger partial charge < -0.3 is 4.57 Å². The minimum atomic E-state index is -0.426. The SMILES string of the molecule is CC(C#N)Cn1c(-c2ccc([N+](=O)[O-])cc2)nc2ccccc21. The summed E-state index contributed by atoms with van der Waals surface area (Å²) < 4.78 is 1.99. The fourth-order valence-corrected chi connectivity index (χ4v) is 2.53. The fraction of sp³-hybridized carbons (Fsp3) is 0.176. The van der Waals surface area contributed by atoms with Gasteiger partial charge in [0.05, 0.1) is 27.9 Å². The van der Waals surface area contributed by atoms with Crippen molar-refractivity contribution in [1.29, 1.82) is 5.26 Å². The lowest BCUT2D eigenvalue weighted by molar-refractivity contribution is -0.384. The van der Waals surface area contributed by atoms with Gasteiger partial charge in [-0.2, -0.15) is 5.26 Å². The number of nitro benzene ring substituents is 1. The third kappa shape index (κ3) is 2.77. The van der Waals surface area contributed by atoms with Gasteiger partial charge in [0.2, 0.25) is 0 Å². The van der Waals surface area contributed by atoms with Gasteiger partial charge in [-0.15, -0.1) is 0 Å². The molecule has 1 heterocycles. The molecular weight excluding hydrogens is 292 g/mol. The second-order valence-electron chi connectivity index (χ2n) is 5.37. The van der Waals surface area contributed by atoms with Crippen molar-refractivity contribution >= 4 is 16.7 Å². The largest absolute Gasteiger partial charge is 0.323 e. The Kier molecular flexibility index (Phi) is 3.77. The van der Waals surface area contributed by atoms with Crippen LogP contribution in [0, 0.1) is 27.4 Å². The first kappa shape index (κ1) is 14.7. The van der Waals surface area contributed by atoms with Crippen LogP contribution >= 0.6 is 0 Å². The van der Waals surface area contributed by atoms with Crippen LogP contribution in [0.4, 0.5) is 5.69 Å². The van der Waals surface area contributed by atoms with Crippen LogP contribution < -0.4 is 0 Å². The zero-order valence-corrected chi connectivity index (χ0v) is 12.5. The van der Waals surface area contributed by atoms with Crippen LogP contribution in [0.5, 0.6) is 0 Å². The monoisotopic (exact) mass is 306 g/mol. The molecule has 2 aromatic carbocycles. The molecule has 0 aliphatic heterocycles. The molecule has 6 heteroatoms. The third-order valence-electron chi connectivity index (χ3n) is 3.67. The van der Waals surface area contributed by atoms with Gasteiger partial charge in [0, 0.05) is 24.2 Å². The molecule has 3 aromatic rings. The predicted octanol–water partition coefficient (Wildman–Crippen LogP) is 3.77. The number of fused-ring (bicyclic) bond motifs is 1. The minimum Gasteiger partial charge on any atom is -0.323 e. The molecule has 23 heavy (non-hydrogen) atoms. The lowest BCUT2D eigenvalue weighted by atomic mass is 10.1. The zero-order chi connectivity index (χ0) is 16.4. The third-order valence-corrected chi connectivity index (χ3v) is 3.67. The number of imidazole rings is 1. The summed E-state index contributed by atoms with van der Waals surface area (Å²) in [5, 5.41) is 19.9. The lowest BCUT2D eigenvalue weighted by Crippen LogP contribution is -2.07. The number of aromatic nitrogens is 2. The molecule has 0 saturated heterocycles. The number of nitro groups is 1. The van der Waals surface area contributed by atoms with Crippen molar-refractivity contribution in [2.75, 3.05) is 0 Å². The second-order valence-corrected chi connectivity index (χ2v) is 5.37. The van der Waals surface area contributed by atoms with E-state index in [1.54, 1.807) is 12.1 Å². The van der Waals surface area contributed by atoms with Crippen molar-refractivity contribution in [3.05, 3.63) is 58.6 Å². The predicted molar refractivity (Wildman–Crippen MR) is 86.6 cm³/mol. The van der Waals surface area contributed by atoms with E-state index < -0.39 is 4.92 Å². The van der Waals surface area contributed by atoms with E-state index >= 15 is 0 Å².